The van der Waals surface area contributed by atoms with Crippen LogP contribution in [0.2, 0.25) is 0 Å². The van der Waals surface area contributed by atoms with Crippen molar-refractivity contribution in [2.75, 3.05) is 7.11 Å². The average Bonchev–Trinajstić information content (AvgIpc) is 2.20. The van der Waals surface area contributed by atoms with E-state index < -0.39 is 29.4 Å². The summed E-state index contributed by atoms with van der Waals surface area (Å²) in [5.74, 6) is -2.43. The van der Waals surface area contributed by atoms with Crippen LogP contribution in [-0.2, 0) is 14.3 Å². The molecule has 1 fully saturated rings. The first-order valence-corrected chi connectivity index (χ1v) is 4.91. The first-order chi connectivity index (χ1) is 6.91. The highest BCUT2D eigenvalue weighted by atomic mass is 16.5. The summed E-state index contributed by atoms with van der Waals surface area (Å²) in [5, 5.41) is 18.4. The van der Waals surface area contributed by atoms with E-state index in [0.717, 1.165) is 0 Å². The van der Waals surface area contributed by atoms with Gasteiger partial charge in [0.15, 0.2) is 0 Å². The van der Waals surface area contributed by atoms with Gasteiger partial charge in [-0.25, -0.2) is 0 Å². The number of esters is 1. The highest BCUT2D eigenvalue weighted by Gasteiger charge is 2.49. The van der Waals surface area contributed by atoms with Crippen LogP contribution in [-0.4, -0.2) is 35.4 Å². The molecule has 15 heavy (non-hydrogen) atoms. The standard InChI is InChI=1S/C10H16O5/c1-10(9(14)15-2)4-3-6(11)5-7(10)8(12)13/h6-7,11H,3-5H2,1-2H3,(H,12,13)/t6-,7+,10+/m1/s1. The van der Waals surface area contributed by atoms with Crippen molar-refractivity contribution in [3.8, 4) is 0 Å². The lowest BCUT2D eigenvalue weighted by Crippen LogP contribution is -2.46. The second-order valence-corrected chi connectivity index (χ2v) is 4.23. The normalized spacial score (nSPS) is 35.9. The molecule has 5 nitrogen and oxygen atoms in total. The van der Waals surface area contributed by atoms with Crippen LogP contribution >= 0.6 is 0 Å². The molecule has 1 aliphatic carbocycles. The first kappa shape index (κ1) is 12.0. The summed E-state index contributed by atoms with van der Waals surface area (Å²) in [6.07, 6.45) is 0.262. The minimum atomic E-state index is -1.05. The van der Waals surface area contributed by atoms with E-state index in [-0.39, 0.29) is 6.42 Å². The number of aliphatic hydroxyl groups excluding tert-OH is 1. The van der Waals surface area contributed by atoms with Crippen molar-refractivity contribution >= 4 is 11.9 Å². The van der Waals surface area contributed by atoms with Gasteiger partial charge in [0.25, 0.3) is 0 Å². The second kappa shape index (κ2) is 4.18. The molecule has 1 aliphatic rings. The van der Waals surface area contributed by atoms with Crippen LogP contribution in [0.15, 0.2) is 0 Å². The molecule has 0 radical (unpaired) electrons. The van der Waals surface area contributed by atoms with E-state index >= 15 is 0 Å². The minimum absolute atomic E-state index is 0.112. The van der Waals surface area contributed by atoms with Crippen molar-refractivity contribution < 1.29 is 24.5 Å². The number of ether oxygens (including phenoxy) is 1. The van der Waals surface area contributed by atoms with Crippen LogP contribution < -0.4 is 0 Å². The Hall–Kier alpha value is -1.10. The molecule has 0 spiro atoms. The molecule has 0 amide bonds. The van der Waals surface area contributed by atoms with E-state index in [2.05, 4.69) is 4.74 Å². The summed E-state index contributed by atoms with van der Waals surface area (Å²) < 4.78 is 4.62. The van der Waals surface area contributed by atoms with E-state index in [1.807, 2.05) is 0 Å². The Morgan fingerprint density at radius 1 is 1.47 bits per heavy atom. The monoisotopic (exact) mass is 216 g/mol. The fourth-order valence-corrected chi connectivity index (χ4v) is 2.14. The van der Waals surface area contributed by atoms with Crippen molar-refractivity contribution in [2.24, 2.45) is 11.3 Å². The fraction of sp³-hybridized carbons (Fsp3) is 0.800. The molecule has 0 heterocycles. The van der Waals surface area contributed by atoms with E-state index in [0.29, 0.717) is 12.8 Å². The molecule has 1 saturated carbocycles. The van der Waals surface area contributed by atoms with Gasteiger partial charge >= 0.3 is 11.9 Å². The quantitative estimate of drug-likeness (QED) is 0.653. The van der Waals surface area contributed by atoms with Crippen LogP contribution in [0.3, 0.4) is 0 Å². The highest BCUT2D eigenvalue weighted by molar-refractivity contribution is 5.84. The molecular formula is C10H16O5. The van der Waals surface area contributed by atoms with Gasteiger partial charge in [0.2, 0.25) is 0 Å². The van der Waals surface area contributed by atoms with Gasteiger partial charge in [-0.1, -0.05) is 0 Å². The van der Waals surface area contributed by atoms with Gasteiger partial charge in [0, 0.05) is 0 Å². The topological polar surface area (TPSA) is 83.8 Å². The average molecular weight is 216 g/mol. The van der Waals surface area contributed by atoms with Gasteiger partial charge < -0.3 is 14.9 Å². The first-order valence-electron chi connectivity index (χ1n) is 4.91. The summed E-state index contributed by atoms with van der Waals surface area (Å²) in [6.45, 7) is 1.59. The molecule has 0 aromatic carbocycles. The maximum Gasteiger partial charge on any atom is 0.312 e. The lowest BCUT2D eigenvalue weighted by Gasteiger charge is -2.38. The number of carbonyl (C=O) groups excluding carboxylic acids is 1. The van der Waals surface area contributed by atoms with Gasteiger partial charge in [-0.15, -0.1) is 0 Å². The van der Waals surface area contributed by atoms with E-state index in [1.165, 1.54) is 7.11 Å². The van der Waals surface area contributed by atoms with Crippen LogP contribution in [0, 0.1) is 11.3 Å². The number of carbonyl (C=O) groups is 2. The lowest BCUT2D eigenvalue weighted by atomic mass is 9.66. The Kier molecular flexibility index (Phi) is 3.34. The van der Waals surface area contributed by atoms with Gasteiger partial charge in [-0.05, 0) is 26.2 Å². The predicted molar refractivity (Wildman–Crippen MR) is 51.1 cm³/mol. The molecule has 3 atom stereocenters. The van der Waals surface area contributed by atoms with Crippen molar-refractivity contribution in [1.29, 1.82) is 0 Å². The number of methoxy groups -OCH3 is 1. The maximum absolute atomic E-state index is 11.5. The third kappa shape index (κ3) is 2.12. The Balaban J connectivity index is 2.94. The molecule has 0 bridgehead atoms. The van der Waals surface area contributed by atoms with Crippen molar-refractivity contribution in [3.05, 3.63) is 0 Å². The highest BCUT2D eigenvalue weighted by Crippen LogP contribution is 2.42. The molecule has 2 N–H and O–H groups in total. The Morgan fingerprint density at radius 3 is 2.53 bits per heavy atom. The van der Waals surface area contributed by atoms with Gasteiger partial charge in [-0.3, -0.25) is 9.59 Å². The Morgan fingerprint density at radius 2 is 2.07 bits per heavy atom. The van der Waals surface area contributed by atoms with Crippen molar-refractivity contribution in [3.63, 3.8) is 0 Å². The molecule has 86 valence electrons. The van der Waals surface area contributed by atoms with E-state index in [4.69, 9.17) is 5.11 Å². The number of hydrogen-bond acceptors (Lipinski definition) is 4. The molecule has 1 rings (SSSR count). The molecule has 0 aromatic rings. The summed E-state index contributed by atoms with van der Waals surface area (Å²) in [5.41, 5.74) is -1.01. The molecule has 0 saturated heterocycles. The zero-order chi connectivity index (χ0) is 11.6. The Labute approximate surface area is 88.0 Å². The van der Waals surface area contributed by atoms with Crippen LogP contribution in [0.5, 0.6) is 0 Å². The van der Waals surface area contributed by atoms with Crippen LogP contribution in [0.4, 0.5) is 0 Å². The van der Waals surface area contributed by atoms with Crippen molar-refractivity contribution in [2.45, 2.75) is 32.3 Å². The summed E-state index contributed by atoms with van der Waals surface area (Å²) in [7, 11) is 1.25. The van der Waals surface area contributed by atoms with Gasteiger partial charge in [0.1, 0.15) is 0 Å². The second-order valence-electron chi connectivity index (χ2n) is 4.23. The zero-order valence-corrected chi connectivity index (χ0v) is 8.90. The van der Waals surface area contributed by atoms with E-state index in [1.54, 1.807) is 6.92 Å². The smallest absolute Gasteiger partial charge is 0.312 e. The number of rotatable bonds is 2. The molecule has 0 aromatic heterocycles. The summed E-state index contributed by atoms with van der Waals surface area (Å²) in [4.78, 5) is 22.6. The lowest BCUT2D eigenvalue weighted by molar-refractivity contribution is -0.169. The number of aliphatic carboxylic acids is 1. The molecule has 0 unspecified atom stereocenters. The third-order valence-corrected chi connectivity index (χ3v) is 3.22. The third-order valence-electron chi connectivity index (χ3n) is 3.22. The van der Waals surface area contributed by atoms with Crippen LogP contribution in [0.25, 0.3) is 0 Å². The van der Waals surface area contributed by atoms with E-state index in [9.17, 15) is 14.7 Å². The number of hydrogen-bond donors (Lipinski definition) is 2. The van der Waals surface area contributed by atoms with Gasteiger partial charge in [-0.2, -0.15) is 0 Å². The summed E-state index contributed by atoms with van der Waals surface area (Å²) in [6, 6.07) is 0. The predicted octanol–water partition coefficient (Wildman–Crippen LogP) is 0.411. The number of carboxylic acids is 1. The molecule has 0 aliphatic heterocycles. The number of aliphatic hydroxyl groups is 1. The zero-order valence-electron chi connectivity index (χ0n) is 8.90. The van der Waals surface area contributed by atoms with Gasteiger partial charge in [0.05, 0.1) is 24.5 Å². The summed E-state index contributed by atoms with van der Waals surface area (Å²) >= 11 is 0. The molecule has 5 heteroatoms. The minimum Gasteiger partial charge on any atom is -0.481 e. The largest absolute Gasteiger partial charge is 0.481 e. The fourth-order valence-electron chi connectivity index (χ4n) is 2.14. The molecular weight excluding hydrogens is 200 g/mol. The van der Waals surface area contributed by atoms with Crippen molar-refractivity contribution in [1.82, 2.24) is 0 Å². The Bertz CT molecular complexity index is 275. The maximum atomic E-state index is 11.5. The SMILES string of the molecule is COC(=O)[C@@]1(C)CC[C@@H](O)C[C@H]1C(=O)O. The number of carboxylic acid groups (broad SMARTS) is 1. The van der Waals surface area contributed by atoms with Crippen LogP contribution in [0.1, 0.15) is 26.2 Å².